The van der Waals surface area contributed by atoms with Crippen molar-refractivity contribution in [2.45, 2.75) is 32.9 Å². The molecule has 1 unspecified atom stereocenters. The number of rotatable bonds is 3. The van der Waals surface area contributed by atoms with Gasteiger partial charge < -0.3 is 0 Å². The normalized spacial score (nSPS) is 16.7. The average Bonchev–Trinajstić information content (AvgIpc) is 2.94. The number of Topliss-reactive ketones (excluding diaryl/α,β-unsaturated/α-hetero) is 1. The van der Waals surface area contributed by atoms with Gasteiger partial charge >= 0.3 is 0 Å². The molecule has 0 fully saturated rings. The van der Waals surface area contributed by atoms with Crippen LogP contribution in [0.15, 0.2) is 35.7 Å². The van der Waals surface area contributed by atoms with Gasteiger partial charge in [0, 0.05) is 23.5 Å². The molecule has 20 heavy (non-hydrogen) atoms. The number of carbonyl (C=O) groups excluding carboxylic acids is 1. The summed E-state index contributed by atoms with van der Waals surface area (Å²) in [6, 6.07) is 10.0. The Bertz CT molecular complexity index is 614. The maximum absolute atomic E-state index is 12.6. The van der Waals surface area contributed by atoms with Crippen LogP contribution in [0.3, 0.4) is 0 Å². The third-order valence-electron chi connectivity index (χ3n) is 4.10. The van der Waals surface area contributed by atoms with Crippen LogP contribution < -0.4 is 0 Å². The smallest absolute Gasteiger partial charge is 0.179 e. The Kier molecular flexibility index (Phi) is 3.72. The summed E-state index contributed by atoms with van der Waals surface area (Å²) in [7, 11) is 0. The first-order chi connectivity index (χ1) is 9.65. The standard InChI is InChI=1S/C17H19NOS/c1-12-3-5-14(6-4-12)17(19)13(2)18-9-7-16-15(11-18)8-10-20-16/h3-6,8,10,13H,7,9,11H2,1-2H3. The molecule has 0 N–H and O–H groups in total. The van der Waals surface area contributed by atoms with E-state index >= 15 is 0 Å². The lowest BCUT2D eigenvalue weighted by Crippen LogP contribution is -2.41. The van der Waals surface area contributed by atoms with Crippen LogP contribution in [0.5, 0.6) is 0 Å². The van der Waals surface area contributed by atoms with Crippen LogP contribution in [0.1, 0.15) is 33.3 Å². The van der Waals surface area contributed by atoms with Crippen molar-refractivity contribution < 1.29 is 4.79 Å². The van der Waals surface area contributed by atoms with Gasteiger partial charge in [0.25, 0.3) is 0 Å². The van der Waals surface area contributed by atoms with E-state index in [1.54, 1.807) is 0 Å². The molecule has 1 aromatic carbocycles. The van der Waals surface area contributed by atoms with Crippen LogP contribution in [0.4, 0.5) is 0 Å². The van der Waals surface area contributed by atoms with Crippen molar-refractivity contribution in [3.05, 3.63) is 57.3 Å². The Morgan fingerprint density at radius 1 is 1.25 bits per heavy atom. The van der Waals surface area contributed by atoms with E-state index in [0.29, 0.717) is 0 Å². The fourth-order valence-corrected chi connectivity index (χ4v) is 3.62. The number of thiophene rings is 1. The molecule has 0 bridgehead atoms. The van der Waals surface area contributed by atoms with Crippen LogP contribution >= 0.6 is 11.3 Å². The van der Waals surface area contributed by atoms with Gasteiger partial charge in [-0.2, -0.15) is 0 Å². The minimum atomic E-state index is -0.0502. The fraction of sp³-hybridized carbons (Fsp3) is 0.353. The van der Waals surface area contributed by atoms with Gasteiger partial charge in [-0.15, -0.1) is 11.3 Å². The number of aryl methyl sites for hydroxylation is 1. The van der Waals surface area contributed by atoms with Gasteiger partial charge in [-0.25, -0.2) is 0 Å². The van der Waals surface area contributed by atoms with Gasteiger partial charge in [-0.1, -0.05) is 29.8 Å². The lowest BCUT2D eigenvalue weighted by Gasteiger charge is -2.31. The predicted octanol–water partition coefficient (Wildman–Crippen LogP) is 3.69. The summed E-state index contributed by atoms with van der Waals surface area (Å²) in [6.07, 6.45) is 1.07. The third-order valence-corrected chi connectivity index (χ3v) is 5.12. The molecule has 0 amide bonds. The van der Waals surface area contributed by atoms with E-state index in [1.165, 1.54) is 16.0 Å². The van der Waals surface area contributed by atoms with Crippen molar-refractivity contribution in [3.8, 4) is 0 Å². The minimum absolute atomic E-state index is 0.0502. The number of benzene rings is 1. The maximum atomic E-state index is 12.6. The summed E-state index contributed by atoms with van der Waals surface area (Å²) in [4.78, 5) is 16.3. The molecule has 3 heteroatoms. The molecule has 1 aromatic heterocycles. The van der Waals surface area contributed by atoms with Gasteiger partial charge in [0.05, 0.1) is 6.04 Å². The molecule has 2 nitrogen and oxygen atoms in total. The molecule has 1 aliphatic heterocycles. The highest BCUT2D eigenvalue weighted by atomic mass is 32.1. The first kappa shape index (κ1) is 13.5. The second-order valence-corrected chi connectivity index (χ2v) is 6.50. The number of hydrogen-bond acceptors (Lipinski definition) is 3. The van der Waals surface area contributed by atoms with Crippen molar-refractivity contribution in [1.82, 2.24) is 4.90 Å². The molecule has 1 atom stereocenters. The Balaban J connectivity index is 1.74. The molecular weight excluding hydrogens is 266 g/mol. The zero-order chi connectivity index (χ0) is 14.1. The van der Waals surface area contributed by atoms with Crippen LogP contribution in [-0.2, 0) is 13.0 Å². The summed E-state index contributed by atoms with van der Waals surface area (Å²) in [5.74, 6) is 0.226. The number of carbonyl (C=O) groups is 1. The molecular formula is C17H19NOS. The van der Waals surface area contributed by atoms with Crippen molar-refractivity contribution in [3.63, 3.8) is 0 Å². The van der Waals surface area contributed by atoms with Crippen molar-refractivity contribution in [2.24, 2.45) is 0 Å². The quantitative estimate of drug-likeness (QED) is 0.802. The van der Waals surface area contributed by atoms with Gasteiger partial charge in [0.2, 0.25) is 0 Å². The Morgan fingerprint density at radius 2 is 2.00 bits per heavy atom. The topological polar surface area (TPSA) is 20.3 Å². The maximum Gasteiger partial charge on any atom is 0.179 e. The highest BCUT2D eigenvalue weighted by Crippen LogP contribution is 2.26. The van der Waals surface area contributed by atoms with Crippen LogP contribution in [-0.4, -0.2) is 23.3 Å². The van der Waals surface area contributed by atoms with Crippen LogP contribution in [0.25, 0.3) is 0 Å². The minimum Gasteiger partial charge on any atom is -0.292 e. The number of ketones is 1. The SMILES string of the molecule is Cc1ccc(C(=O)C(C)N2CCc3sccc3C2)cc1. The summed E-state index contributed by atoms with van der Waals surface area (Å²) >= 11 is 1.83. The van der Waals surface area contributed by atoms with Gasteiger partial charge in [-0.3, -0.25) is 9.69 Å². The summed E-state index contributed by atoms with van der Waals surface area (Å²) in [5, 5.41) is 2.15. The van der Waals surface area contributed by atoms with E-state index < -0.39 is 0 Å². The number of nitrogens with zero attached hydrogens (tertiary/aromatic N) is 1. The Morgan fingerprint density at radius 3 is 2.75 bits per heavy atom. The highest BCUT2D eigenvalue weighted by molar-refractivity contribution is 7.10. The van der Waals surface area contributed by atoms with Gasteiger partial charge in [0.1, 0.15) is 0 Å². The van der Waals surface area contributed by atoms with Crippen LogP contribution in [0, 0.1) is 6.92 Å². The van der Waals surface area contributed by atoms with Crippen molar-refractivity contribution >= 4 is 17.1 Å². The molecule has 1 aliphatic rings. The monoisotopic (exact) mass is 285 g/mol. The Hall–Kier alpha value is -1.45. The van der Waals surface area contributed by atoms with Crippen LogP contribution in [0.2, 0.25) is 0 Å². The van der Waals surface area contributed by atoms with E-state index in [2.05, 4.69) is 16.3 Å². The van der Waals surface area contributed by atoms with Gasteiger partial charge in [-0.05, 0) is 37.3 Å². The predicted molar refractivity (Wildman–Crippen MR) is 83.4 cm³/mol. The Labute approximate surface area is 124 Å². The second kappa shape index (κ2) is 5.51. The third kappa shape index (κ3) is 2.56. The fourth-order valence-electron chi connectivity index (χ4n) is 2.73. The summed E-state index contributed by atoms with van der Waals surface area (Å²) in [5.41, 5.74) is 3.40. The summed E-state index contributed by atoms with van der Waals surface area (Å²) in [6.45, 7) is 5.95. The van der Waals surface area contributed by atoms with Gasteiger partial charge in [0.15, 0.2) is 5.78 Å². The summed E-state index contributed by atoms with van der Waals surface area (Å²) < 4.78 is 0. The van der Waals surface area contributed by atoms with E-state index in [0.717, 1.165) is 25.1 Å². The zero-order valence-electron chi connectivity index (χ0n) is 11.9. The van der Waals surface area contributed by atoms with Crippen molar-refractivity contribution in [2.75, 3.05) is 6.54 Å². The molecule has 0 radical (unpaired) electrons. The average molecular weight is 285 g/mol. The largest absolute Gasteiger partial charge is 0.292 e. The molecule has 0 aliphatic carbocycles. The molecule has 0 saturated heterocycles. The molecule has 0 saturated carbocycles. The molecule has 2 aromatic rings. The lowest BCUT2D eigenvalue weighted by atomic mass is 10.0. The molecule has 104 valence electrons. The molecule has 2 heterocycles. The molecule has 0 spiro atoms. The second-order valence-electron chi connectivity index (χ2n) is 5.50. The van der Waals surface area contributed by atoms with E-state index in [9.17, 15) is 4.79 Å². The lowest BCUT2D eigenvalue weighted by molar-refractivity contribution is 0.0821. The zero-order valence-corrected chi connectivity index (χ0v) is 12.7. The first-order valence-corrected chi connectivity index (χ1v) is 7.93. The first-order valence-electron chi connectivity index (χ1n) is 7.05. The van der Waals surface area contributed by atoms with E-state index in [-0.39, 0.29) is 11.8 Å². The number of fused-ring (bicyclic) bond motifs is 1. The molecule has 3 rings (SSSR count). The number of hydrogen-bond donors (Lipinski definition) is 0. The van der Waals surface area contributed by atoms with E-state index in [1.807, 2.05) is 49.4 Å². The highest BCUT2D eigenvalue weighted by Gasteiger charge is 2.26. The van der Waals surface area contributed by atoms with Crippen molar-refractivity contribution in [1.29, 1.82) is 0 Å². The van der Waals surface area contributed by atoms with E-state index in [4.69, 9.17) is 0 Å².